The third kappa shape index (κ3) is 22.2. The van der Waals surface area contributed by atoms with Crippen LogP contribution in [0.4, 0.5) is 0 Å². The number of carbonyl (C=O) groups is 2. The standard InChI is InChI=1S/C24H45NO3.Na.H/c1-4-5-6-7-8-9-10-11-12-13-14-15-16-17-18-19-23(26)25-22(24(27)28)20-21(2)3;;/h11-12,21-22H,4-10,13-20H2,1-3H3,(H,25,26)(H,27,28);;/q;+1;-1/b12-11-;;/t22-;;/m0../s1. The van der Waals surface area contributed by atoms with E-state index in [-0.39, 0.29) is 42.8 Å². The van der Waals surface area contributed by atoms with E-state index in [1.54, 1.807) is 0 Å². The number of aliphatic carboxylic acids is 1. The molecule has 0 heterocycles. The number of amides is 1. The molecule has 0 rings (SSSR count). The zero-order chi connectivity index (χ0) is 21.0. The van der Waals surface area contributed by atoms with Crippen LogP contribution >= 0.6 is 0 Å². The van der Waals surface area contributed by atoms with Crippen molar-refractivity contribution < 1.29 is 45.7 Å². The van der Waals surface area contributed by atoms with E-state index in [0.29, 0.717) is 12.8 Å². The summed E-state index contributed by atoms with van der Waals surface area (Å²) in [7, 11) is 0. The number of rotatable bonds is 19. The van der Waals surface area contributed by atoms with Gasteiger partial charge in [-0.25, -0.2) is 4.79 Å². The predicted molar refractivity (Wildman–Crippen MR) is 120 cm³/mol. The number of carboxylic acid groups (broad SMARTS) is 1. The van der Waals surface area contributed by atoms with Crippen molar-refractivity contribution in [3.8, 4) is 0 Å². The zero-order valence-electron chi connectivity index (χ0n) is 20.7. The van der Waals surface area contributed by atoms with Crippen LogP contribution < -0.4 is 34.9 Å². The Morgan fingerprint density at radius 1 is 0.862 bits per heavy atom. The number of carboxylic acids is 1. The molecule has 4 nitrogen and oxygen atoms in total. The monoisotopic (exact) mass is 419 g/mol. The van der Waals surface area contributed by atoms with Crippen molar-refractivity contribution in [3.05, 3.63) is 12.2 Å². The maximum atomic E-state index is 11.9. The minimum atomic E-state index is -0.938. The number of unbranched alkanes of at least 4 members (excludes halogenated alkanes) is 11. The second kappa shape index (κ2) is 22.4. The molecule has 0 aromatic heterocycles. The van der Waals surface area contributed by atoms with Crippen LogP contribution in [0, 0.1) is 5.92 Å². The summed E-state index contributed by atoms with van der Waals surface area (Å²) >= 11 is 0. The predicted octanol–water partition coefficient (Wildman–Crippen LogP) is 3.76. The molecule has 0 radical (unpaired) electrons. The van der Waals surface area contributed by atoms with Gasteiger partial charge < -0.3 is 11.8 Å². The van der Waals surface area contributed by atoms with E-state index in [1.807, 2.05) is 13.8 Å². The Kier molecular flexibility index (Phi) is 23.8. The van der Waals surface area contributed by atoms with E-state index in [0.717, 1.165) is 25.7 Å². The first-order valence-electron chi connectivity index (χ1n) is 11.6. The van der Waals surface area contributed by atoms with E-state index < -0.39 is 12.0 Å². The van der Waals surface area contributed by atoms with E-state index in [2.05, 4.69) is 24.4 Å². The van der Waals surface area contributed by atoms with Gasteiger partial charge in [-0.05, 0) is 44.4 Å². The summed E-state index contributed by atoms with van der Waals surface area (Å²) in [5.41, 5.74) is 0. The van der Waals surface area contributed by atoms with Crippen LogP contribution in [-0.2, 0) is 9.59 Å². The topological polar surface area (TPSA) is 66.4 Å². The van der Waals surface area contributed by atoms with Gasteiger partial charge in [0.15, 0.2) is 0 Å². The van der Waals surface area contributed by atoms with Crippen molar-refractivity contribution in [2.75, 3.05) is 0 Å². The van der Waals surface area contributed by atoms with E-state index in [9.17, 15) is 9.59 Å². The van der Waals surface area contributed by atoms with E-state index in [1.165, 1.54) is 57.8 Å². The van der Waals surface area contributed by atoms with Gasteiger partial charge in [-0.2, -0.15) is 0 Å². The summed E-state index contributed by atoms with van der Waals surface area (Å²) in [6.07, 6.45) is 21.5. The minimum absolute atomic E-state index is 0. The van der Waals surface area contributed by atoms with Gasteiger partial charge in [0.05, 0.1) is 0 Å². The van der Waals surface area contributed by atoms with Crippen molar-refractivity contribution in [1.82, 2.24) is 5.32 Å². The fraction of sp³-hybridized carbons (Fsp3) is 0.833. The van der Waals surface area contributed by atoms with Gasteiger partial charge in [0, 0.05) is 6.42 Å². The van der Waals surface area contributed by atoms with Crippen molar-refractivity contribution in [1.29, 1.82) is 0 Å². The molecule has 0 spiro atoms. The van der Waals surface area contributed by atoms with Crippen LogP contribution in [0.5, 0.6) is 0 Å². The van der Waals surface area contributed by atoms with Crippen molar-refractivity contribution in [3.63, 3.8) is 0 Å². The van der Waals surface area contributed by atoms with Crippen molar-refractivity contribution in [2.45, 2.75) is 123 Å². The Morgan fingerprint density at radius 2 is 1.34 bits per heavy atom. The van der Waals surface area contributed by atoms with Crippen LogP contribution in [0.25, 0.3) is 0 Å². The van der Waals surface area contributed by atoms with Gasteiger partial charge in [0.1, 0.15) is 6.04 Å². The largest absolute Gasteiger partial charge is 1.00 e. The third-order valence-corrected chi connectivity index (χ3v) is 5.01. The van der Waals surface area contributed by atoms with Crippen LogP contribution in [0.15, 0.2) is 12.2 Å². The van der Waals surface area contributed by atoms with Crippen molar-refractivity contribution in [2.24, 2.45) is 5.92 Å². The zero-order valence-corrected chi connectivity index (χ0v) is 21.7. The van der Waals surface area contributed by atoms with Gasteiger partial charge in [-0.3, -0.25) is 4.79 Å². The summed E-state index contributed by atoms with van der Waals surface area (Å²) in [4.78, 5) is 23.1. The molecule has 166 valence electrons. The third-order valence-electron chi connectivity index (χ3n) is 5.01. The Hall–Kier alpha value is -0.320. The Labute approximate surface area is 203 Å². The first-order valence-corrected chi connectivity index (χ1v) is 11.6. The molecule has 0 aliphatic carbocycles. The summed E-state index contributed by atoms with van der Waals surface area (Å²) in [5, 5.41) is 11.8. The second-order valence-corrected chi connectivity index (χ2v) is 8.42. The Bertz CT molecular complexity index is 431. The first kappa shape index (κ1) is 30.9. The van der Waals surface area contributed by atoms with Crippen molar-refractivity contribution >= 4 is 11.9 Å². The molecule has 5 heteroatoms. The molecule has 0 aromatic carbocycles. The number of nitrogens with one attached hydrogen (secondary N) is 1. The molecule has 0 bridgehead atoms. The van der Waals surface area contributed by atoms with Crippen LogP contribution in [0.3, 0.4) is 0 Å². The minimum Gasteiger partial charge on any atom is -1.00 e. The SMILES string of the molecule is CCCCCCCC/C=C\CCCCCCCC(=O)N[C@@H](CC(C)C)C(=O)O.[H-].[Na+]. The van der Waals surface area contributed by atoms with E-state index in [4.69, 9.17) is 5.11 Å². The molecule has 0 saturated carbocycles. The molecule has 1 amide bonds. The summed E-state index contributed by atoms with van der Waals surface area (Å²) < 4.78 is 0. The smallest absolute Gasteiger partial charge is 1.00 e. The molecular formula is C24H46NNaO3. The maximum absolute atomic E-state index is 11.9. The molecule has 2 N–H and O–H groups in total. The molecule has 0 unspecified atom stereocenters. The Morgan fingerprint density at radius 3 is 1.83 bits per heavy atom. The quantitative estimate of drug-likeness (QED) is 0.190. The average molecular weight is 420 g/mol. The fourth-order valence-electron chi connectivity index (χ4n) is 3.32. The molecule has 0 aromatic rings. The van der Waals surface area contributed by atoms with Gasteiger partial charge in [0.25, 0.3) is 0 Å². The van der Waals surface area contributed by atoms with Crippen LogP contribution in [0.1, 0.15) is 119 Å². The van der Waals surface area contributed by atoms with Gasteiger partial charge in [-0.1, -0.05) is 84.3 Å². The molecule has 0 aliphatic heterocycles. The number of hydrogen-bond donors (Lipinski definition) is 2. The average Bonchev–Trinajstić information content (AvgIpc) is 2.64. The molecule has 0 aliphatic rings. The molecule has 29 heavy (non-hydrogen) atoms. The molecular weight excluding hydrogens is 373 g/mol. The van der Waals surface area contributed by atoms with Gasteiger partial charge in [-0.15, -0.1) is 0 Å². The van der Waals surface area contributed by atoms with Gasteiger partial charge >= 0.3 is 35.5 Å². The molecule has 1 atom stereocenters. The first-order chi connectivity index (χ1) is 13.5. The number of allylic oxidation sites excluding steroid dienone is 2. The maximum Gasteiger partial charge on any atom is 1.00 e. The second-order valence-electron chi connectivity index (χ2n) is 8.42. The molecule has 0 saturated heterocycles. The van der Waals surface area contributed by atoms with Crippen LogP contribution in [-0.4, -0.2) is 23.0 Å². The van der Waals surface area contributed by atoms with Gasteiger partial charge in [0.2, 0.25) is 5.91 Å². The fourth-order valence-corrected chi connectivity index (χ4v) is 3.32. The summed E-state index contributed by atoms with van der Waals surface area (Å²) in [6, 6.07) is -0.754. The Balaban J connectivity index is -0.00000364. The number of carbonyl (C=O) groups excluding carboxylic acids is 1. The summed E-state index contributed by atoms with van der Waals surface area (Å²) in [5.74, 6) is -0.821. The number of hydrogen-bond acceptors (Lipinski definition) is 2. The molecule has 0 fully saturated rings. The normalized spacial score (nSPS) is 12.1. The van der Waals surface area contributed by atoms with E-state index >= 15 is 0 Å². The van der Waals surface area contributed by atoms with Crippen LogP contribution in [0.2, 0.25) is 0 Å². The summed E-state index contributed by atoms with van der Waals surface area (Å²) in [6.45, 7) is 6.18.